The van der Waals surface area contributed by atoms with Crippen molar-refractivity contribution in [2.45, 2.75) is 110 Å². The molecule has 194 valence electrons. The Bertz CT molecular complexity index is 846. The number of hydrogen-bond acceptors (Lipinski definition) is 4. The topological polar surface area (TPSA) is 44.8 Å². The lowest BCUT2D eigenvalue weighted by molar-refractivity contribution is -0.156. The highest BCUT2D eigenvalue weighted by atomic mass is 28.4. The van der Waals surface area contributed by atoms with E-state index in [2.05, 4.69) is 53.5 Å². The van der Waals surface area contributed by atoms with E-state index in [1.54, 1.807) is 0 Å². The molecule has 1 aliphatic carbocycles. The van der Waals surface area contributed by atoms with Gasteiger partial charge in [0.25, 0.3) is 8.32 Å². The normalized spacial score (nSPS) is 19.4. The number of carbonyl (C=O) groups is 1. The molecule has 2 rings (SSSR count). The van der Waals surface area contributed by atoms with Crippen molar-refractivity contribution in [2.75, 3.05) is 6.61 Å². The standard InChI is InChI=1S/C30H46O4Si/c1-9-27(33-22-26-16-12-11-13-17-26)19-21-30(29(31)32-10-2)20-15-14-18-28(30)34-35(23(3)4,24(5)6)25(7)8/h1,11-13,16-18,23-25,27H,10,14-15,19-22H2,2-8H3. The highest BCUT2D eigenvalue weighted by molar-refractivity contribution is 6.77. The first kappa shape index (κ1) is 29.2. The molecule has 2 unspecified atom stereocenters. The van der Waals surface area contributed by atoms with E-state index in [0.717, 1.165) is 24.2 Å². The molecule has 0 spiro atoms. The van der Waals surface area contributed by atoms with E-state index in [9.17, 15) is 4.79 Å². The predicted octanol–water partition coefficient (Wildman–Crippen LogP) is 7.79. The monoisotopic (exact) mass is 498 g/mol. The summed E-state index contributed by atoms with van der Waals surface area (Å²) in [7, 11) is -2.24. The molecule has 0 heterocycles. The maximum absolute atomic E-state index is 13.6. The summed E-state index contributed by atoms with van der Waals surface area (Å²) in [5.41, 5.74) is 1.51. The van der Waals surface area contributed by atoms with Gasteiger partial charge in [0, 0.05) is 0 Å². The number of esters is 1. The van der Waals surface area contributed by atoms with Gasteiger partial charge in [-0.15, -0.1) is 6.42 Å². The molecule has 0 N–H and O–H groups in total. The highest BCUT2D eigenvalue weighted by Crippen LogP contribution is 2.50. The van der Waals surface area contributed by atoms with Crippen molar-refractivity contribution in [1.29, 1.82) is 0 Å². The lowest BCUT2D eigenvalue weighted by Crippen LogP contribution is -2.51. The van der Waals surface area contributed by atoms with E-state index < -0.39 is 13.7 Å². The summed E-state index contributed by atoms with van der Waals surface area (Å²) >= 11 is 0. The second-order valence-corrected chi connectivity index (χ2v) is 16.0. The molecule has 1 aliphatic rings. The maximum Gasteiger partial charge on any atom is 0.319 e. The first-order valence-corrected chi connectivity index (χ1v) is 15.5. The number of carbonyl (C=O) groups excluding carboxylic acids is 1. The van der Waals surface area contributed by atoms with Crippen LogP contribution in [0.4, 0.5) is 0 Å². The molecule has 0 fully saturated rings. The van der Waals surface area contributed by atoms with Gasteiger partial charge in [-0.3, -0.25) is 4.79 Å². The molecule has 0 saturated heterocycles. The Hall–Kier alpha value is -2.03. The first-order valence-electron chi connectivity index (χ1n) is 13.3. The van der Waals surface area contributed by atoms with Crippen LogP contribution in [0.3, 0.4) is 0 Å². The molecule has 0 aromatic heterocycles. The minimum absolute atomic E-state index is 0.191. The van der Waals surface area contributed by atoms with Gasteiger partial charge in [0.2, 0.25) is 0 Å². The summed E-state index contributed by atoms with van der Waals surface area (Å²) in [4.78, 5) is 13.6. The van der Waals surface area contributed by atoms with Gasteiger partial charge >= 0.3 is 5.97 Å². The van der Waals surface area contributed by atoms with Gasteiger partial charge in [-0.1, -0.05) is 77.8 Å². The molecule has 0 aliphatic heterocycles. The largest absolute Gasteiger partial charge is 0.545 e. The van der Waals surface area contributed by atoms with Crippen molar-refractivity contribution in [3.05, 3.63) is 47.7 Å². The fourth-order valence-electron chi connectivity index (χ4n) is 5.82. The summed E-state index contributed by atoms with van der Waals surface area (Å²) in [5, 5.41) is 0. The third-order valence-corrected chi connectivity index (χ3v) is 13.6. The fourth-order valence-corrected chi connectivity index (χ4v) is 11.2. The molecule has 1 aromatic carbocycles. The summed E-state index contributed by atoms with van der Waals surface area (Å²) in [6.45, 7) is 16.3. The molecule has 5 heteroatoms. The van der Waals surface area contributed by atoms with Crippen LogP contribution in [0.2, 0.25) is 16.6 Å². The second-order valence-electron chi connectivity index (χ2n) is 10.7. The number of allylic oxidation sites excluding steroid dienone is 1. The lowest BCUT2D eigenvalue weighted by Gasteiger charge is -2.47. The number of hydrogen-bond donors (Lipinski definition) is 0. The smallest absolute Gasteiger partial charge is 0.319 e. The molecule has 1 aromatic rings. The average Bonchev–Trinajstić information content (AvgIpc) is 2.83. The minimum atomic E-state index is -2.24. The quantitative estimate of drug-likeness (QED) is 0.158. The minimum Gasteiger partial charge on any atom is -0.545 e. The van der Waals surface area contributed by atoms with Crippen molar-refractivity contribution in [2.24, 2.45) is 5.41 Å². The number of ether oxygens (including phenoxy) is 2. The van der Waals surface area contributed by atoms with Crippen LogP contribution in [0.1, 0.15) is 86.1 Å². The van der Waals surface area contributed by atoms with Gasteiger partial charge in [-0.25, -0.2) is 0 Å². The Labute approximate surface area is 215 Å². The van der Waals surface area contributed by atoms with Crippen LogP contribution in [-0.2, 0) is 25.3 Å². The van der Waals surface area contributed by atoms with Crippen molar-refractivity contribution in [1.82, 2.24) is 0 Å². The Morgan fingerprint density at radius 3 is 2.26 bits per heavy atom. The molecule has 4 nitrogen and oxygen atoms in total. The third-order valence-electron chi connectivity index (χ3n) is 7.58. The Morgan fingerprint density at radius 1 is 1.09 bits per heavy atom. The van der Waals surface area contributed by atoms with Gasteiger partial charge in [-0.2, -0.15) is 0 Å². The first-order chi connectivity index (χ1) is 16.6. The zero-order valence-electron chi connectivity index (χ0n) is 22.9. The van der Waals surface area contributed by atoms with Crippen LogP contribution in [0.5, 0.6) is 0 Å². The molecule has 0 bridgehead atoms. The second kappa shape index (κ2) is 13.3. The van der Waals surface area contributed by atoms with E-state index in [0.29, 0.717) is 49.1 Å². The molecule has 0 radical (unpaired) electrons. The number of terminal acetylenes is 1. The van der Waals surface area contributed by atoms with Crippen molar-refractivity contribution in [3.63, 3.8) is 0 Å². The zero-order chi connectivity index (χ0) is 26.1. The van der Waals surface area contributed by atoms with Crippen LogP contribution < -0.4 is 0 Å². The van der Waals surface area contributed by atoms with Crippen LogP contribution in [0.25, 0.3) is 0 Å². The van der Waals surface area contributed by atoms with Gasteiger partial charge < -0.3 is 13.9 Å². The number of rotatable bonds is 13. The number of benzene rings is 1. The summed E-state index contributed by atoms with van der Waals surface area (Å²) in [6.07, 6.45) is 11.3. The van der Waals surface area contributed by atoms with Gasteiger partial charge in [0.1, 0.15) is 11.5 Å². The summed E-state index contributed by atoms with van der Waals surface area (Å²) < 4.78 is 18.9. The lowest BCUT2D eigenvalue weighted by atomic mass is 9.73. The molecule has 2 atom stereocenters. The van der Waals surface area contributed by atoms with Crippen LogP contribution in [0.15, 0.2) is 42.2 Å². The van der Waals surface area contributed by atoms with E-state index in [4.69, 9.17) is 20.3 Å². The van der Waals surface area contributed by atoms with Crippen LogP contribution >= 0.6 is 0 Å². The Kier molecular flexibility index (Phi) is 11.1. The van der Waals surface area contributed by atoms with E-state index in [-0.39, 0.29) is 12.1 Å². The fraction of sp³-hybridized carbons (Fsp3) is 0.633. The summed E-state index contributed by atoms with van der Waals surface area (Å²) in [6, 6.07) is 10.0. The van der Waals surface area contributed by atoms with Gasteiger partial charge in [0.05, 0.1) is 19.0 Å². The van der Waals surface area contributed by atoms with Gasteiger partial charge in [0.15, 0.2) is 0 Å². The van der Waals surface area contributed by atoms with E-state index in [1.165, 1.54) is 0 Å². The molecule has 0 amide bonds. The zero-order valence-corrected chi connectivity index (χ0v) is 23.9. The molecule has 35 heavy (non-hydrogen) atoms. The highest BCUT2D eigenvalue weighted by Gasteiger charge is 2.53. The Balaban J connectivity index is 2.34. The van der Waals surface area contributed by atoms with Crippen molar-refractivity contribution < 1.29 is 18.7 Å². The van der Waals surface area contributed by atoms with Crippen molar-refractivity contribution in [3.8, 4) is 12.3 Å². The molecule has 0 saturated carbocycles. The Morgan fingerprint density at radius 2 is 1.71 bits per heavy atom. The third kappa shape index (κ3) is 6.80. The molecular weight excluding hydrogens is 452 g/mol. The van der Waals surface area contributed by atoms with Crippen LogP contribution in [0, 0.1) is 17.8 Å². The van der Waals surface area contributed by atoms with E-state index in [1.807, 2.05) is 37.3 Å². The SMILES string of the molecule is C#CC(CCC1(C(=O)OCC)CCCC=C1O[Si](C(C)C)(C(C)C)C(C)C)OCc1ccccc1. The molecular formula is C30H46O4Si. The van der Waals surface area contributed by atoms with Crippen LogP contribution in [-0.4, -0.2) is 27.0 Å². The maximum atomic E-state index is 13.6. The van der Waals surface area contributed by atoms with Gasteiger partial charge in [-0.05, 0) is 67.3 Å². The summed E-state index contributed by atoms with van der Waals surface area (Å²) in [5.74, 6) is 3.42. The van der Waals surface area contributed by atoms with Crippen molar-refractivity contribution >= 4 is 14.3 Å². The van der Waals surface area contributed by atoms with E-state index >= 15 is 0 Å². The predicted molar refractivity (Wildman–Crippen MR) is 146 cm³/mol. The average molecular weight is 499 g/mol.